The van der Waals surface area contributed by atoms with E-state index in [1.54, 1.807) is 12.1 Å². The molecule has 3 heterocycles. The molecule has 0 aromatic heterocycles. The zero-order chi connectivity index (χ0) is 47.6. The fourth-order valence-electron chi connectivity index (χ4n) is 8.01. The number of hydrogen-bond donors (Lipinski definition) is 0. The Morgan fingerprint density at radius 1 is 0.727 bits per heavy atom. The number of halogens is 6. The van der Waals surface area contributed by atoms with E-state index in [2.05, 4.69) is 0 Å². The summed E-state index contributed by atoms with van der Waals surface area (Å²) in [6.45, 7) is 3.65. The topological polar surface area (TPSA) is 167 Å². The van der Waals surface area contributed by atoms with Gasteiger partial charge in [0, 0.05) is 57.1 Å². The van der Waals surface area contributed by atoms with Crippen molar-refractivity contribution in [1.29, 1.82) is 0 Å². The smallest absolute Gasteiger partial charge is 0.420 e. The number of esters is 2. The standard InChI is InChI=1S/C44H44F6N3O11S2/c1-27(54)60-33-13-9-29(10-14-33)41(43(45,46)47)63-65(56,57)21-5-19-52-17-3-7-31-23-35-39(25-37(31)52)62-40-26-38-32(24-36(40)51-35)8-4-18-53(38)20-6-22-66(58,59)64-42(44(48,49)50)30-11-15-34(16-12-30)61-28(2)55/h9-16,23-26,41-42H,3-8,17-22H2,1-2H3/q+1. The van der Waals surface area contributed by atoms with Gasteiger partial charge in [0.05, 0.1) is 17.6 Å². The Bertz CT molecular complexity index is 2840. The lowest BCUT2D eigenvalue weighted by atomic mass is 9.99. The quantitative estimate of drug-likeness (QED) is 0.0332. The van der Waals surface area contributed by atoms with E-state index < -0.39 is 79.4 Å². The number of nitrogens with zero attached hydrogens (tertiary/aromatic N) is 3. The Morgan fingerprint density at radius 2 is 1.27 bits per heavy atom. The third-order valence-corrected chi connectivity index (χ3v) is 13.4. The van der Waals surface area contributed by atoms with E-state index in [1.165, 1.54) is 0 Å². The minimum Gasteiger partial charge on any atom is -0.452 e. The lowest BCUT2D eigenvalue weighted by molar-refractivity contribution is -0.197. The van der Waals surface area contributed by atoms with E-state index >= 15 is 0 Å². The van der Waals surface area contributed by atoms with Crippen molar-refractivity contribution in [2.75, 3.05) is 42.6 Å². The van der Waals surface area contributed by atoms with Crippen molar-refractivity contribution in [2.45, 2.75) is 76.9 Å². The van der Waals surface area contributed by atoms with E-state index in [0.29, 0.717) is 48.5 Å². The number of fused-ring (bicyclic) bond motifs is 4. The van der Waals surface area contributed by atoms with Gasteiger partial charge in [-0.25, -0.2) is 9.57 Å². The molecule has 7 rings (SSSR count). The molecular weight excluding hydrogens is 925 g/mol. The Kier molecular flexibility index (Phi) is 14.2. The van der Waals surface area contributed by atoms with Crippen LogP contribution < -0.4 is 34.4 Å². The highest BCUT2D eigenvalue weighted by molar-refractivity contribution is 7.86. The van der Waals surface area contributed by atoms with Gasteiger partial charge in [-0.15, -0.1) is 0 Å². The molecule has 2 atom stereocenters. The molecule has 3 aliphatic rings. The van der Waals surface area contributed by atoms with Gasteiger partial charge >= 0.3 is 24.3 Å². The van der Waals surface area contributed by atoms with Crippen LogP contribution in [0.5, 0.6) is 23.0 Å². The number of ether oxygens (including phenoxy) is 3. The number of hydrogen-bond acceptors (Lipinski definition) is 13. The molecule has 14 nitrogen and oxygen atoms in total. The second-order valence-corrected chi connectivity index (χ2v) is 19.3. The predicted molar refractivity (Wildman–Crippen MR) is 225 cm³/mol. The number of benzene rings is 4. The molecule has 0 fully saturated rings. The number of anilines is 1. The zero-order valence-corrected chi connectivity index (χ0v) is 37.1. The highest BCUT2D eigenvalue weighted by Gasteiger charge is 2.46. The molecule has 0 spiro atoms. The van der Waals surface area contributed by atoms with Crippen LogP contribution in [0.1, 0.15) is 74.0 Å². The average Bonchev–Trinajstić information content (AvgIpc) is 3.22. The van der Waals surface area contributed by atoms with Crippen LogP contribution >= 0.6 is 0 Å². The van der Waals surface area contributed by atoms with E-state index in [1.807, 2.05) is 21.6 Å². The fraction of sp³-hybridized carbons (Fsp3) is 0.409. The van der Waals surface area contributed by atoms with Crippen LogP contribution in [0.25, 0.3) is 0 Å². The van der Waals surface area contributed by atoms with Crippen LogP contribution in [0, 0.1) is 0 Å². The van der Waals surface area contributed by atoms with E-state index in [9.17, 15) is 52.8 Å². The maximum absolute atomic E-state index is 14.0. The van der Waals surface area contributed by atoms with Crippen LogP contribution in [-0.2, 0) is 51.0 Å². The molecule has 0 saturated heterocycles. The first-order chi connectivity index (χ1) is 31.0. The van der Waals surface area contributed by atoms with Gasteiger partial charge in [0.25, 0.3) is 20.2 Å². The highest BCUT2D eigenvalue weighted by Crippen LogP contribution is 2.42. The summed E-state index contributed by atoms with van der Waals surface area (Å²) in [6.07, 6.45) is -13.0. The first kappa shape index (κ1) is 48.4. The van der Waals surface area contributed by atoms with Crippen molar-refractivity contribution in [3.05, 3.63) is 106 Å². The highest BCUT2D eigenvalue weighted by atomic mass is 32.2. The Hall–Kier alpha value is -5.58. The predicted octanol–water partition coefficient (Wildman–Crippen LogP) is 6.86. The normalized spacial score (nSPS) is 15.8. The molecule has 0 amide bonds. The van der Waals surface area contributed by atoms with Gasteiger partial charge in [0.15, 0.2) is 23.7 Å². The van der Waals surface area contributed by atoms with Crippen LogP contribution in [0.3, 0.4) is 0 Å². The number of carbonyl (C=O) groups is 2. The Labute approximate surface area is 375 Å². The Morgan fingerprint density at radius 3 is 1.82 bits per heavy atom. The van der Waals surface area contributed by atoms with E-state index in [4.69, 9.17) is 27.6 Å². The minimum absolute atomic E-state index is 0.0175. The van der Waals surface area contributed by atoms with Gasteiger partial charge in [-0.05, 0) is 78.8 Å². The molecule has 0 aliphatic carbocycles. The summed E-state index contributed by atoms with van der Waals surface area (Å²) in [5.74, 6) is -1.99. The van der Waals surface area contributed by atoms with Crippen LogP contribution in [0.2, 0.25) is 0 Å². The van der Waals surface area contributed by atoms with Crippen molar-refractivity contribution in [3.63, 3.8) is 0 Å². The molecule has 4 aromatic rings. The van der Waals surface area contributed by atoms with Crippen molar-refractivity contribution in [1.82, 2.24) is 4.58 Å². The maximum Gasteiger partial charge on any atom is 0.420 e. The van der Waals surface area contributed by atoms with Gasteiger partial charge < -0.3 is 19.1 Å². The van der Waals surface area contributed by atoms with Gasteiger partial charge in [-0.3, -0.25) is 18.0 Å². The van der Waals surface area contributed by atoms with Crippen molar-refractivity contribution in [3.8, 4) is 23.0 Å². The fourth-order valence-corrected chi connectivity index (χ4v) is 10.2. The molecular formula is C44H44F6N3O11S2+. The third-order valence-electron chi connectivity index (χ3n) is 10.8. The number of rotatable bonds is 16. The Balaban J connectivity index is 1.01. The molecule has 0 saturated carbocycles. The SMILES string of the molecule is CC(=O)Oc1ccc(C(OS(=O)(=O)CCCN2CCCc3cc4c(cc32)Oc2cc3c(cc2=N4)CCC[N+]=3CCCS(=O)(=O)OC(c2ccc(OC(C)=O)cc2)C(F)(F)F)C(F)(F)F)cc1. The minimum atomic E-state index is -5.07. The lowest BCUT2D eigenvalue weighted by Crippen LogP contribution is -2.40. The summed E-state index contributed by atoms with van der Waals surface area (Å²) in [7, 11) is -9.36. The third kappa shape index (κ3) is 12.1. The molecule has 22 heteroatoms. The van der Waals surface area contributed by atoms with Gasteiger partial charge in [-0.2, -0.15) is 43.2 Å². The molecule has 2 unspecified atom stereocenters. The van der Waals surface area contributed by atoms with E-state index in [-0.39, 0.29) is 37.4 Å². The van der Waals surface area contributed by atoms with Gasteiger partial charge in [-0.1, -0.05) is 24.3 Å². The number of alkyl halides is 6. The second kappa shape index (κ2) is 19.3. The number of carbonyl (C=O) groups excluding carboxylic acids is 2. The summed E-state index contributed by atoms with van der Waals surface area (Å²) in [4.78, 5) is 29.2. The summed E-state index contributed by atoms with van der Waals surface area (Å²) < 4.78 is 163. The summed E-state index contributed by atoms with van der Waals surface area (Å²) in [5, 5.41) is 1.31. The van der Waals surface area contributed by atoms with Crippen LogP contribution in [0.15, 0.2) is 77.8 Å². The summed E-state index contributed by atoms with van der Waals surface area (Å²) >= 11 is 0. The summed E-state index contributed by atoms with van der Waals surface area (Å²) in [5.41, 5.74) is 2.18. The van der Waals surface area contributed by atoms with Crippen LogP contribution in [0.4, 0.5) is 37.7 Å². The van der Waals surface area contributed by atoms with Crippen molar-refractivity contribution >= 4 is 43.5 Å². The molecule has 66 heavy (non-hydrogen) atoms. The molecule has 3 aliphatic heterocycles. The summed E-state index contributed by atoms with van der Waals surface area (Å²) in [6, 6.07) is 15.7. The largest absolute Gasteiger partial charge is 0.452 e. The molecule has 0 bridgehead atoms. The maximum atomic E-state index is 14.0. The lowest BCUT2D eigenvalue weighted by Gasteiger charge is -2.32. The van der Waals surface area contributed by atoms with Gasteiger partial charge in [0.1, 0.15) is 35.6 Å². The van der Waals surface area contributed by atoms with Crippen molar-refractivity contribution in [2.24, 2.45) is 4.99 Å². The average molecular weight is 969 g/mol. The first-order valence-corrected chi connectivity index (χ1v) is 23.9. The first-order valence-electron chi connectivity index (χ1n) is 20.8. The van der Waals surface area contributed by atoms with Gasteiger partial charge in [0.2, 0.25) is 5.36 Å². The van der Waals surface area contributed by atoms with Crippen molar-refractivity contribution < 1.29 is 75.3 Å². The number of aryl methyl sites for hydroxylation is 2. The molecule has 4 aromatic carbocycles. The molecule has 0 N–H and O–H groups in total. The van der Waals surface area contributed by atoms with Crippen LogP contribution in [-0.4, -0.2) is 78.8 Å². The van der Waals surface area contributed by atoms with E-state index in [0.717, 1.165) is 97.4 Å². The molecule has 354 valence electrons. The zero-order valence-electron chi connectivity index (χ0n) is 35.5. The monoisotopic (exact) mass is 968 g/mol. The second-order valence-electron chi connectivity index (χ2n) is 15.9. The molecule has 0 radical (unpaired) electrons.